The molecule has 1 radical (unpaired) electrons. The molecule has 0 heterocycles. The number of hydrogen-bond acceptors (Lipinski definition) is 3. The minimum Gasteiger partial charge on any atom is -0.274 e. The van der Waals surface area contributed by atoms with Crippen molar-refractivity contribution < 1.29 is 19.9 Å². The molecule has 0 spiro atoms. The highest BCUT2D eigenvalue weighted by Gasteiger charge is 2.56. The molecule has 2 N–H and O–H groups in total. The number of benzene rings is 2. The van der Waals surface area contributed by atoms with Gasteiger partial charge in [-0.15, -0.1) is 5.48 Å². The zero-order chi connectivity index (χ0) is 18.1. The minimum absolute atomic E-state index is 0.0232. The smallest absolute Gasteiger partial charge is 0.274 e. The van der Waals surface area contributed by atoms with E-state index >= 15 is 0 Å². The molecule has 26 heavy (non-hydrogen) atoms. The molecule has 4 atom stereocenters. The molecule has 4 nitrogen and oxygen atoms in total. The fourth-order valence-corrected chi connectivity index (χ4v) is 4.35. The summed E-state index contributed by atoms with van der Waals surface area (Å²) < 4.78 is 0. The van der Waals surface area contributed by atoms with Crippen LogP contribution in [0.4, 0.5) is 0 Å². The first-order chi connectivity index (χ1) is 12.6. The molecule has 2 aromatic carbocycles. The van der Waals surface area contributed by atoms with Gasteiger partial charge in [0, 0.05) is 5.56 Å². The van der Waals surface area contributed by atoms with Crippen LogP contribution in [0.3, 0.4) is 0 Å². The standard InChI is InChI=1S/C22H23NO3/c1-14(15-5-3-2-4-6-15)23-26-22(25)17-9-7-16(8-10-17)21(24)20-18-11-12-19(20)13-18/h2-10,14,18-20,23H,11-13H2,1H3/q+1/p+1/t14-,18-,19+,20?/m0/s1. The lowest BCUT2D eigenvalue weighted by Gasteiger charge is -2.29. The molecular formula is C22H24NO3+2. The number of hydrogen-bond donors (Lipinski definition) is 1. The molecule has 3 aliphatic rings. The second kappa shape index (κ2) is 7.04. The van der Waals surface area contributed by atoms with Gasteiger partial charge in [0.2, 0.25) is 4.79 Å². The highest BCUT2D eigenvalue weighted by atomic mass is 16.7. The lowest BCUT2D eigenvalue weighted by atomic mass is 9.69. The van der Waals surface area contributed by atoms with Crippen LogP contribution >= 0.6 is 0 Å². The summed E-state index contributed by atoms with van der Waals surface area (Å²) in [5, 5.41) is 0. The highest BCUT2D eigenvalue weighted by molar-refractivity contribution is 6.00. The van der Waals surface area contributed by atoms with Crippen molar-refractivity contribution in [3.8, 4) is 0 Å². The van der Waals surface area contributed by atoms with Crippen molar-refractivity contribution in [3.05, 3.63) is 71.3 Å². The molecule has 0 aromatic heterocycles. The Labute approximate surface area is 153 Å². The van der Waals surface area contributed by atoms with E-state index in [0.29, 0.717) is 23.0 Å². The van der Waals surface area contributed by atoms with E-state index in [1.165, 1.54) is 19.3 Å². The first-order valence-electron chi connectivity index (χ1n) is 9.37. The van der Waals surface area contributed by atoms with Gasteiger partial charge in [-0.05, 0) is 62.3 Å². The summed E-state index contributed by atoms with van der Waals surface area (Å²) in [4.78, 5) is 30.2. The molecule has 3 fully saturated rings. The van der Waals surface area contributed by atoms with Gasteiger partial charge in [0.05, 0.1) is 17.0 Å². The lowest BCUT2D eigenvalue weighted by molar-refractivity contribution is -0.898. The van der Waals surface area contributed by atoms with Gasteiger partial charge >= 0.3 is 11.8 Å². The number of ketones is 1. The van der Waals surface area contributed by atoms with Gasteiger partial charge in [0.25, 0.3) is 0 Å². The van der Waals surface area contributed by atoms with Crippen LogP contribution in [0, 0.1) is 17.8 Å². The molecule has 133 valence electrons. The van der Waals surface area contributed by atoms with Crippen LogP contribution in [0.1, 0.15) is 58.5 Å². The van der Waals surface area contributed by atoms with Crippen LogP contribution in [0.5, 0.6) is 0 Å². The number of carbonyl (C=O) groups is 2. The summed E-state index contributed by atoms with van der Waals surface area (Å²) in [7, 11) is 0. The number of hydroxylamine groups is 1. The van der Waals surface area contributed by atoms with Gasteiger partial charge in [-0.25, -0.2) is 4.79 Å². The summed E-state index contributed by atoms with van der Waals surface area (Å²) >= 11 is 0. The maximum Gasteiger partial charge on any atom is 0.478 e. The molecule has 2 bridgehead atoms. The van der Waals surface area contributed by atoms with Crippen LogP contribution in [-0.2, 0) is 4.84 Å². The van der Waals surface area contributed by atoms with Gasteiger partial charge in [-0.3, -0.25) is 4.84 Å². The van der Waals surface area contributed by atoms with E-state index in [1.54, 1.807) is 29.7 Å². The van der Waals surface area contributed by atoms with E-state index in [4.69, 9.17) is 4.84 Å². The Morgan fingerprint density at radius 1 is 1.04 bits per heavy atom. The third-order valence-corrected chi connectivity index (χ3v) is 5.94. The van der Waals surface area contributed by atoms with Gasteiger partial charge < -0.3 is 0 Å². The Hall–Kier alpha value is -2.46. The van der Waals surface area contributed by atoms with Crippen LogP contribution in [0.15, 0.2) is 54.6 Å². The lowest BCUT2D eigenvalue weighted by Crippen LogP contribution is -2.84. The number of quaternary nitrogens is 1. The van der Waals surface area contributed by atoms with E-state index in [9.17, 15) is 9.59 Å². The summed E-state index contributed by atoms with van der Waals surface area (Å²) in [5.74, 6) is 1.24. The average molecular weight is 350 g/mol. The zero-order valence-corrected chi connectivity index (χ0v) is 14.9. The fourth-order valence-electron chi connectivity index (χ4n) is 4.35. The molecule has 3 saturated carbocycles. The first kappa shape index (κ1) is 17.0. The molecule has 3 aliphatic carbocycles. The first-order valence-corrected chi connectivity index (χ1v) is 9.37. The van der Waals surface area contributed by atoms with Crippen molar-refractivity contribution in [2.45, 2.75) is 32.2 Å². The number of carbonyl (C=O) groups excluding carboxylic acids is 2. The van der Waals surface area contributed by atoms with Crippen molar-refractivity contribution in [3.63, 3.8) is 0 Å². The third kappa shape index (κ3) is 3.17. The average Bonchev–Trinajstić information content (AvgIpc) is 3.32. The van der Waals surface area contributed by atoms with E-state index < -0.39 is 5.97 Å². The molecule has 0 amide bonds. The van der Waals surface area contributed by atoms with Crippen LogP contribution in [0.25, 0.3) is 0 Å². The second-order valence-electron chi connectivity index (χ2n) is 7.54. The predicted molar refractivity (Wildman–Crippen MR) is 97.3 cm³/mol. The van der Waals surface area contributed by atoms with Crippen molar-refractivity contribution in [1.82, 2.24) is 0 Å². The van der Waals surface area contributed by atoms with Crippen LogP contribution < -0.4 is 5.48 Å². The highest BCUT2D eigenvalue weighted by Crippen LogP contribution is 2.54. The van der Waals surface area contributed by atoms with Crippen molar-refractivity contribution in [1.29, 1.82) is 0 Å². The molecule has 5 rings (SSSR count). The number of Topliss-reactive ketones (excluding diaryl/α,β-unsaturated/α-hetero) is 1. The van der Waals surface area contributed by atoms with Crippen molar-refractivity contribution >= 4 is 11.8 Å². The van der Waals surface area contributed by atoms with E-state index in [1.807, 2.05) is 37.3 Å². The fraction of sp³-hybridized carbons (Fsp3) is 0.364. The predicted octanol–water partition coefficient (Wildman–Crippen LogP) is 3.31. The quantitative estimate of drug-likeness (QED) is 0.494. The maximum absolute atomic E-state index is 12.6. The van der Waals surface area contributed by atoms with Gasteiger partial charge in [-0.1, -0.05) is 30.3 Å². The maximum atomic E-state index is 12.6. The molecule has 0 aliphatic heterocycles. The monoisotopic (exact) mass is 350 g/mol. The largest absolute Gasteiger partial charge is 0.478 e. The van der Waals surface area contributed by atoms with E-state index in [0.717, 1.165) is 5.56 Å². The van der Waals surface area contributed by atoms with Gasteiger partial charge in [-0.2, -0.15) is 0 Å². The Kier molecular flexibility index (Phi) is 4.60. The SMILES string of the molecule is C[C@H]([NH2+]OC(=O)c1ccc(C(=[O+])C2[C@@H]3CC[C@H]2C3)cc1)c1ccccc1. The zero-order valence-electron chi connectivity index (χ0n) is 14.9. The van der Waals surface area contributed by atoms with Crippen LogP contribution in [0.2, 0.25) is 0 Å². The Morgan fingerprint density at radius 3 is 2.27 bits per heavy atom. The second-order valence-corrected chi connectivity index (χ2v) is 7.54. The van der Waals surface area contributed by atoms with Gasteiger partial charge in [0.15, 0.2) is 0 Å². The summed E-state index contributed by atoms with van der Waals surface area (Å²) in [6, 6.07) is 16.8. The summed E-state index contributed by atoms with van der Waals surface area (Å²) in [6.07, 6.45) is 3.61. The summed E-state index contributed by atoms with van der Waals surface area (Å²) in [6.45, 7) is 1.98. The summed E-state index contributed by atoms with van der Waals surface area (Å²) in [5.41, 5.74) is 3.83. The molecule has 2 aromatic rings. The third-order valence-electron chi connectivity index (χ3n) is 5.94. The van der Waals surface area contributed by atoms with E-state index in [2.05, 4.69) is 0 Å². The Balaban J connectivity index is 1.34. The topological polar surface area (TPSA) is 62.8 Å². The molecule has 1 unspecified atom stereocenters. The number of rotatable bonds is 6. The molecule has 0 saturated heterocycles. The normalized spacial score (nSPS) is 24.6. The Bertz CT molecular complexity index is 786. The molecular weight excluding hydrogens is 326 g/mol. The van der Waals surface area contributed by atoms with Crippen molar-refractivity contribution in [2.75, 3.05) is 0 Å². The van der Waals surface area contributed by atoms with Crippen molar-refractivity contribution in [2.24, 2.45) is 17.8 Å². The molecule has 4 heteroatoms. The van der Waals surface area contributed by atoms with E-state index in [-0.39, 0.29) is 17.7 Å². The van der Waals surface area contributed by atoms with Crippen LogP contribution in [-0.4, -0.2) is 11.8 Å². The Morgan fingerprint density at radius 2 is 1.65 bits per heavy atom. The number of fused-ring (bicyclic) bond motifs is 1. The van der Waals surface area contributed by atoms with Gasteiger partial charge in [0.1, 0.15) is 6.04 Å². The number of nitrogens with two attached hydrogens (primary N) is 1. The minimum atomic E-state index is -0.393.